The van der Waals surface area contributed by atoms with E-state index in [0.717, 1.165) is 13.1 Å². The number of nitrogens with one attached hydrogen (secondary N) is 1. The van der Waals surface area contributed by atoms with Crippen molar-refractivity contribution >= 4 is 11.8 Å². The number of methoxy groups -OCH3 is 1. The number of fused-ring (bicyclic) bond motifs is 1. The number of nitrogens with zero attached hydrogens (tertiary/aromatic N) is 2. The lowest BCUT2D eigenvalue weighted by Crippen LogP contribution is -2.66. The Morgan fingerprint density at radius 1 is 1.39 bits per heavy atom. The van der Waals surface area contributed by atoms with E-state index in [-0.39, 0.29) is 17.9 Å². The summed E-state index contributed by atoms with van der Waals surface area (Å²) in [6, 6.07) is -0.205. The van der Waals surface area contributed by atoms with Crippen LogP contribution in [0.25, 0.3) is 0 Å². The second-order valence-corrected chi connectivity index (χ2v) is 5.31. The van der Waals surface area contributed by atoms with Crippen LogP contribution in [0.5, 0.6) is 0 Å². The fourth-order valence-electron chi connectivity index (χ4n) is 2.43. The first-order valence-corrected chi connectivity index (χ1v) is 6.32. The SMILES string of the molecule is COC(C)(C)C(=O)N1CCN2CCNC(=O)C2C1. The van der Waals surface area contributed by atoms with E-state index in [9.17, 15) is 9.59 Å². The van der Waals surface area contributed by atoms with Gasteiger partial charge in [0.2, 0.25) is 5.91 Å². The Bertz CT molecular complexity index is 356. The van der Waals surface area contributed by atoms with Gasteiger partial charge in [-0.3, -0.25) is 14.5 Å². The number of piperazine rings is 2. The van der Waals surface area contributed by atoms with Gasteiger partial charge in [-0.1, -0.05) is 0 Å². The molecule has 2 aliphatic rings. The van der Waals surface area contributed by atoms with E-state index >= 15 is 0 Å². The molecule has 0 aromatic heterocycles. The summed E-state index contributed by atoms with van der Waals surface area (Å²) in [5, 5.41) is 2.84. The molecular formula is C12H21N3O3. The Morgan fingerprint density at radius 3 is 2.78 bits per heavy atom. The van der Waals surface area contributed by atoms with Crippen molar-refractivity contribution in [3.8, 4) is 0 Å². The Kier molecular flexibility index (Phi) is 3.59. The summed E-state index contributed by atoms with van der Waals surface area (Å²) in [6.45, 7) is 6.95. The molecule has 1 unspecified atom stereocenters. The standard InChI is InChI=1S/C12H21N3O3/c1-12(2,18-3)11(17)15-7-6-14-5-4-13-10(16)9(14)8-15/h9H,4-8H2,1-3H3,(H,13,16). The van der Waals surface area contributed by atoms with Crippen LogP contribution in [-0.4, -0.2) is 73.1 Å². The second kappa shape index (κ2) is 4.85. The summed E-state index contributed by atoms with van der Waals surface area (Å²) in [6.07, 6.45) is 0. The third kappa shape index (κ3) is 2.35. The van der Waals surface area contributed by atoms with Crippen LogP contribution >= 0.6 is 0 Å². The molecule has 1 atom stereocenters. The zero-order valence-electron chi connectivity index (χ0n) is 11.2. The molecule has 0 aromatic rings. The summed E-state index contributed by atoms with van der Waals surface area (Å²) >= 11 is 0. The highest BCUT2D eigenvalue weighted by Crippen LogP contribution is 2.18. The molecule has 2 saturated heterocycles. The molecule has 2 heterocycles. The molecule has 2 aliphatic heterocycles. The van der Waals surface area contributed by atoms with Crippen molar-refractivity contribution in [2.45, 2.75) is 25.5 Å². The molecule has 0 aromatic carbocycles. The largest absolute Gasteiger partial charge is 0.369 e. The zero-order chi connectivity index (χ0) is 13.3. The van der Waals surface area contributed by atoms with Gasteiger partial charge in [0.1, 0.15) is 11.6 Å². The van der Waals surface area contributed by atoms with Crippen LogP contribution in [0, 0.1) is 0 Å². The van der Waals surface area contributed by atoms with Crippen molar-refractivity contribution in [1.29, 1.82) is 0 Å². The molecule has 102 valence electrons. The first kappa shape index (κ1) is 13.3. The van der Waals surface area contributed by atoms with E-state index in [2.05, 4.69) is 10.2 Å². The number of amides is 2. The highest BCUT2D eigenvalue weighted by atomic mass is 16.5. The first-order valence-electron chi connectivity index (χ1n) is 6.32. The third-order valence-electron chi connectivity index (χ3n) is 3.80. The van der Waals surface area contributed by atoms with Crippen molar-refractivity contribution < 1.29 is 14.3 Å². The molecule has 2 rings (SSSR count). The number of carbonyl (C=O) groups excluding carboxylic acids is 2. The molecule has 18 heavy (non-hydrogen) atoms. The van der Waals surface area contributed by atoms with E-state index in [0.29, 0.717) is 19.6 Å². The van der Waals surface area contributed by atoms with Gasteiger partial charge in [-0.15, -0.1) is 0 Å². The Hall–Kier alpha value is -1.14. The summed E-state index contributed by atoms with van der Waals surface area (Å²) in [5.41, 5.74) is -0.826. The molecule has 0 aliphatic carbocycles. The van der Waals surface area contributed by atoms with E-state index < -0.39 is 5.60 Å². The summed E-state index contributed by atoms with van der Waals surface area (Å²) in [4.78, 5) is 27.9. The predicted molar refractivity (Wildman–Crippen MR) is 66.0 cm³/mol. The maximum Gasteiger partial charge on any atom is 0.254 e. The van der Waals surface area contributed by atoms with Crippen LogP contribution in [-0.2, 0) is 14.3 Å². The molecule has 0 radical (unpaired) electrons. The van der Waals surface area contributed by atoms with Crippen molar-refractivity contribution in [3.05, 3.63) is 0 Å². The van der Waals surface area contributed by atoms with E-state index in [1.165, 1.54) is 7.11 Å². The summed E-state index contributed by atoms with van der Waals surface area (Å²) < 4.78 is 5.21. The van der Waals surface area contributed by atoms with Crippen molar-refractivity contribution in [1.82, 2.24) is 15.1 Å². The molecule has 0 saturated carbocycles. The van der Waals surface area contributed by atoms with Gasteiger partial charge in [0.05, 0.1) is 0 Å². The lowest BCUT2D eigenvalue weighted by atomic mass is 10.0. The van der Waals surface area contributed by atoms with Gasteiger partial charge in [0.15, 0.2) is 0 Å². The minimum absolute atomic E-state index is 0.0222. The molecule has 1 N–H and O–H groups in total. The van der Waals surface area contributed by atoms with Gasteiger partial charge >= 0.3 is 0 Å². The Morgan fingerprint density at radius 2 is 2.11 bits per heavy atom. The lowest BCUT2D eigenvalue weighted by molar-refractivity contribution is -0.155. The average Bonchev–Trinajstić information content (AvgIpc) is 2.38. The first-order chi connectivity index (χ1) is 8.45. The van der Waals surface area contributed by atoms with Crippen molar-refractivity contribution in [2.24, 2.45) is 0 Å². The monoisotopic (exact) mass is 255 g/mol. The van der Waals surface area contributed by atoms with E-state index in [4.69, 9.17) is 4.74 Å². The maximum absolute atomic E-state index is 12.3. The highest BCUT2D eigenvalue weighted by Gasteiger charge is 2.40. The number of hydrogen-bond donors (Lipinski definition) is 1. The molecule has 2 fully saturated rings. The van der Waals surface area contributed by atoms with E-state index in [1.54, 1.807) is 18.7 Å². The molecule has 6 heteroatoms. The van der Waals surface area contributed by atoms with Crippen LogP contribution in [0.3, 0.4) is 0 Å². The molecular weight excluding hydrogens is 234 g/mol. The van der Waals surface area contributed by atoms with Gasteiger partial charge in [0, 0.05) is 39.8 Å². The van der Waals surface area contributed by atoms with Gasteiger partial charge in [-0.25, -0.2) is 0 Å². The van der Waals surface area contributed by atoms with Gasteiger partial charge in [0.25, 0.3) is 5.91 Å². The number of rotatable bonds is 2. The zero-order valence-corrected chi connectivity index (χ0v) is 11.2. The highest BCUT2D eigenvalue weighted by molar-refractivity contribution is 5.87. The summed E-state index contributed by atoms with van der Waals surface area (Å²) in [5.74, 6) is -0.0306. The quantitative estimate of drug-likeness (QED) is 0.691. The maximum atomic E-state index is 12.3. The Labute approximate surface area is 107 Å². The number of ether oxygens (including phenoxy) is 1. The average molecular weight is 255 g/mol. The third-order valence-corrected chi connectivity index (χ3v) is 3.80. The molecule has 0 spiro atoms. The Balaban J connectivity index is 2.05. The fourth-order valence-corrected chi connectivity index (χ4v) is 2.43. The minimum Gasteiger partial charge on any atom is -0.369 e. The van der Waals surface area contributed by atoms with Crippen LogP contribution in [0.4, 0.5) is 0 Å². The van der Waals surface area contributed by atoms with Crippen molar-refractivity contribution in [3.63, 3.8) is 0 Å². The van der Waals surface area contributed by atoms with Gasteiger partial charge in [-0.2, -0.15) is 0 Å². The topological polar surface area (TPSA) is 61.9 Å². The lowest BCUT2D eigenvalue weighted by Gasteiger charge is -2.44. The fraction of sp³-hybridized carbons (Fsp3) is 0.833. The predicted octanol–water partition coefficient (Wildman–Crippen LogP) is -0.946. The normalized spacial score (nSPS) is 25.6. The van der Waals surface area contributed by atoms with Crippen LogP contribution < -0.4 is 5.32 Å². The molecule has 2 amide bonds. The minimum atomic E-state index is -0.826. The van der Waals surface area contributed by atoms with E-state index in [1.807, 2.05) is 0 Å². The van der Waals surface area contributed by atoms with Crippen LogP contribution in [0.2, 0.25) is 0 Å². The second-order valence-electron chi connectivity index (χ2n) is 5.31. The molecule has 0 bridgehead atoms. The van der Waals surface area contributed by atoms with Crippen LogP contribution in [0.15, 0.2) is 0 Å². The number of carbonyl (C=O) groups is 2. The van der Waals surface area contributed by atoms with Crippen LogP contribution in [0.1, 0.15) is 13.8 Å². The van der Waals surface area contributed by atoms with Gasteiger partial charge < -0.3 is 15.0 Å². The summed E-state index contributed by atoms with van der Waals surface area (Å²) in [7, 11) is 1.53. The van der Waals surface area contributed by atoms with Gasteiger partial charge in [-0.05, 0) is 13.8 Å². The smallest absolute Gasteiger partial charge is 0.254 e. The molecule has 6 nitrogen and oxygen atoms in total. The number of hydrogen-bond acceptors (Lipinski definition) is 4. The van der Waals surface area contributed by atoms with Crippen molar-refractivity contribution in [2.75, 3.05) is 39.8 Å².